The van der Waals surface area contributed by atoms with Crippen molar-refractivity contribution in [1.82, 2.24) is 14.6 Å². The van der Waals surface area contributed by atoms with Crippen molar-refractivity contribution in [2.45, 2.75) is 44.6 Å². The monoisotopic (exact) mass is 442 g/mol. The molecular formula is C26H30N6O. The number of rotatable bonds is 6. The molecule has 0 aliphatic heterocycles. The van der Waals surface area contributed by atoms with Crippen LogP contribution in [0.5, 0.6) is 5.75 Å². The number of benzene rings is 2. The highest BCUT2D eigenvalue weighted by atomic mass is 16.5. The van der Waals surface area contributed by atoms with Crippen molar-refractivity contribution in [1.29, 1.82) is 0 Å². The van der Waals surface area contributed by atoms with Gasteiger partial charge in [-0.2, -0.15) is 0 Å². The van der Waals surface area contributed by atoms with E-state index < -0.39 is 0 Å². The molecule has 0 unspecified atom stereocenters. The molecule has 1 saturated carbocycles. The number of fused-ring (bicyclic) bond motifs is 1. The molecule has 0 bridgehead atoms. The lowest BCUT2D eigenvalue weighted by atomic mass is 9.85. The van der Waals surface area contributed by atoms with Crippen molar-refractivity contribution in [3.63, 3.8) is 0 Å². The van der Waals surface area contributed by atoms with Crippen LogP contribution >= 0.6 is 0 Å². The first-order valence-corrected chi connectivity index (χ1v) is 11.6. The predicted molar refractivity (Wildman–Crippen MR) is 133 cm³/mol. The van der Waals surface area contributed by atoms with Crippen molar-refractivity contribution in [3.8, 4) is 16.9 Å². The second kappa shape index (κ2) is 9.11. The van der Waals surface area contributed by atoms with Gasteiger partial charge in [-0.1, -0.05) is 30.3 Å². The fourth-order valence-electron chi connectivity index (χ4n) is 4.61. The van der Waals surface area contributed by atoms with E-state index in [1.807, 2.05) is 72.2 Å². The molecule has 1 aliphatic carbocycles. The van der Waals surface area contributed by atoms with Gasteiger partial charge in [0.1, 0.15) is 5.75 Å². The number of aromatic nitrogens is 3. The molecule has 33 heavy (non-hydrogen) atoms. The Hall–Kier alpha value is -3.58. The molecule has 170 valence electrons. The van der Waals surface area contributed by atoms with E-state index in [0.717, 1.165) is 65.3 Å². The lowest BCUT2D eigenvalue weighted by Gasteiger charge is -2.24. The summed E-state index contributed by atoms with van der Waals surface area (Å²) in [4.78, 5) is 5.05. The Morgan fingerprint density at radius 2 is 1.76 bits per heavy atom. The summed E-state index contributed by atoms with van der Waals surface area (Å²) in [7, 11) is 0. The molecule has 5 N–H and O–H groups in total. The minimum Gasteiger partial charge on any atom is -0.494 e. The average Bonchev–Trinajstić information content (AvgIpc) is 3.25. The molecule has 0 atom stereocenters. The number of nitrogens with two attached hydrogens (primary N) is 2. The fraction of sp³-hybridized carbons (Fsp3) is 0.308. The van der Waals surface area contributed by atoms with Crippen LogP contribution in [0, 0.1) is 0 Å². The largest absolute Gasteiger partial charge is 0.494 e. The molecule has 0 saturated heterocycles. The number of anilines is 3. The van der Waals surface area contributed by atoms with Crippen molar-refractivity contribution in [3.05, 3.63) is 66.5 Å². The van der Waals surface area contributed by atoms with Crippen molar-refractivity contribution < 1.29 is 4.74 Å². The van der Waals surface area contributed by atoms with Gasteiger partial charge >= 0.3 is 0 Å². The third-order valence-corrected chi connectivity index (χ3v) is 6.34. The van der Waals surface area contributed by atoms with Crippen LogP contribution in [0.2, 0.25) is 0 Å². The number of nitrogens with zero attached hydrogens (tertiary/aromatic N) is 3. The van der Waals surface area contributed by atoms with E-state index in [1.165, 1.54) is 0 Å². The number of hydrogen-bond donors (Lipinski definition) is 3. The summed E-state index contributed by atoms with van der Waals surface area (Å²) in [5, 5.41) is 8.24. The maximum absolute atomic E-state index is 6.51. The van der Waals surface area contributed by atoms with Crippen molar-refractivity contribution in [2.75, 3.05) is 17.7 Å². The highest BCUT2D eigenvalue weighted by Gasteiger charge is 2.25. The number of imidazole rings is 1. The second-order valence-electron chi connectivity index (χ2n) is 8.63. The van der Waals surface area contributed by atoms with Gasteiger partial charge in [-0.15, -0.1) is 5.10 Å². The molecule has 7 heteroatoms. The molecule has 7 nitrogen and oxygen atoms in total. The number of hydrogen-bond acceptors (Lipinski definition) is 6. The molecule has 2 heterocycles. The average molecular weight is 443 g/mol. The SMILES string of the molecule is CCOc1ccc(Nc2c(-c3ccccc3)c(N)nn3cc([C@H]4CC[C@H](N)CC4)nc23)cc1. The topological polar surface area (TPSA) is 103 Å². The van der Waals surface area contributed by atoms with E-state index >= 15 is 0 Å². The molecule has 0 spiro atoms. The first kappa shape index (κ1) is 21.3. The highest BCUT2D eigenvalue weighted by molar-refractivity contribution is 5.94. The normalized spacial score (nSPS) is 18.4. The van der Waals surface area contributed by atoms with Gasteiger partial charge in [-0.25, -0.2) is 9.50 Å². The first-order chi connectivity index (χ1) is 16.1. The van der Waals surface area contributed by atoms with E-state index in [9.17, 15) is 0 Å². The minimum atomic E-state index is 0.300. The second-order valence-corrected chi connectivity index (χ2v) is 8.63. The van der Waals surface area contributed by atoms with Gasteiger partial charge in [-0.3, -0.25) is 0 Å². The number of ether oxygens (including phenoxy) is 1. The Labute approximate surface area is 193 Å². The quantitative estimate of drug-likeness (QED) is 0.384. The Morgan fingerprint density at radius 3 is 2.45 bits per heavy atom. The standard InChI is InChI=1S/C26H30N6O/c1-2-33-21-14-12-20(13-15-21)29-24-23(18-6-4-3-5-7-18)25(28)31-32-16-22(30-26(24)32)17-8-10-19(27)11-9-17/h3-7,12-17,19,29H,2,8-11,27H2,1H3,(H2,28,31)/t17-,19-. The van der Waals surface area contributed by atoms with Crippen LogP contribution < -0.4 is 21.5 Å². The molecule has 0 radical (unpaired) electrons. The van der Waals surface area contributed by atoms with Gasteiger partial charge in [-0.05, 0) is 62.4 Å². The van der Waals surface area contributed by atoms with Gasteiger partial charge in [0.05, 0.1) is 29.7 Å². The maximum Gasteiger partial charge on any atom is 0.178 e. The van der Waals surface area contributed by atoms with Crippen LogP contribution in [0.25, 0.3) is 16.8 Å². The van der Waals surface area contributed by atoms with E-state index in [1.54, 1.807) is 0 Å². The van der Waals surface area contributed by atoms with E-state index in [-0.39, 0.29) is 0 Å². The minimum absolute atomic E-state index is 0.300. The van der Waals surface area contributed by atoms with Crippen molar-refractivity contribution in [2.24, 2.45) is 5.73 Å². The molecular weight excluding hydrogens is 412 g/mol. The molecule has 4 aromatic rings. The predicted octanol–water partition coefficient (Wildman–Crippen LogP) is 5.11. The Kier molecular flexibility index (Phi) is 5.88. The van der Waals surface area contributed by atoms with Crippen LogP contribution in [-0.4, -0.2) is 27.2 Å². The van der Waals surface area contributed by atoms with Gasteiger partial charge in [0.15, 0.2) is 11.5 Å². The number of nitrogen functional groups attached to an aromatic ring is 1. The third-order valence-electron chi connectivity index (χ3n) is 6.34. The zero-order valence-corrected chi connectivity index (χ0v) is 18.9. The fourth-order valence-corrected chi connectivity index (χ4v) is 4.61. The smallest absolute Gasteiger partial charge is 0.178 e. The van der Waals surface area contributed by atoms with Crippen molar-refractivity contribution >= 4 is 22.8 Å². The molecule has 0 amide bonds. The molecule has 5 rings (SSSR count). The van der Waals surface area contributed by atoms with Crippen LogP contribution in [0.4, 0.5) is 17.2 Å². The maximum atomic E-state index is 6.51. The lowest BCUT2D eigenvalue weighted by molar-refractivity contribution is 0.340. The van der Waals surface area contributed by atoms with Crippen LogP contribution in [0.1, 0.15) is 44.2 Å². The van der Waals surface area contributed by atoms with E-state index in [0.29, 0.717) is 24.4 Å². The Bertz CT molecular complexity index is 1230. The third kappa shape index (κ3) is 4.36. The Balaban J connectivity index is 1.61. The van der Waals surface area contributed by atoms with Gasteiger partial charge in [0.25, 0.3) is 0 Å². The summed E-state index contributed by atoms with van der Waals surface area (Å²) in [6, 6.07) is 18.3. The molecule has 2 aromatic carbocycles. The van der Waals surface area contributed by atoms with Gasteiger partial charge in [0, 0.05) is 17.6 Å². The highest BCUT2D eigenvalue weighted by Crippen LogP contribution is 2.39. The summed E-state index contributed by atoms with van der Waals surface area (Å²) in [5.74, 6) is 1.69. The molecule has 1 aliphatic rings. The van der Waals surface area contributed by atoms with Crippen LogP contribution in [0.15, 0.2) is 60.8 Å². The van der Waals surface area contributed by atoms with Gasteiger partial charge in [0.2, 0.25) is 0 Å². The summed E-state index contributed by atoms with van der Waals surface area (Å²) >= 11 is 0. The van der Waals surface area contributed by atoms with Gasteiger partial charge < -0.3 is 21.5 Å². The zero-order chi connectivity index (χ0) is 22.8. The van der Waals surface area contributed by atoms with E-state index in [4.69, 9.17) is 21.2 Å². The summed E-state index contributed by atoms with van der Waals surface area (Å²) in [6.45, 7) is 2.61. The summed E-state index contributed by atoms with van der Waals surface area (Å²) in [6.07, 6.45) is 6.17. The summed E-state index contributed by atoms with van der Waals surface area (Å²) < 4.78 is 7.40. The Morgan fingerprint density at radius 1 is 1.03 bits per heavy atom. The molecule has 2 aromatic heterocycles. The van der Waals surface area contributed by atoms with E-state index in [2.05, 4.69) is 10.4 Å². The first-order valence-electron chi connectivity index (χ1n) is 11.6. The summed E-state index contributed by atoms with van der Waals surface area (Å²) in [5.41, 5.74) is 18.1. The lowest BCUT2D eigenvalue weighted by Crippen LogP contribution is -2.25. The number of nitrogens with one attached hydrogen (secondary N) is 1. The van der Waals surface area contributed by atoms with Crippen LogP contribution in [-0.2, 0) is 0 Å². The molecule has 1 fully saturated rings. The van der Waals surface area contributed by atoms with Crippen LogP contribution in [0.3, 0.4) is 0 Å². The zero-order valence-electron chi connectivity index (χ0n) is 18.9.